The number of sulfonamides is 1. The maximum Gasteiger partial charge on any atom is 0.261 e. The Labute approximate surface area is 188 Å². The maximum atomic E-state index is 12.7. The second-order valence-corrected chi connectivity index (χ2v) is 8.91. The number of aromatic nitrogens is 2. The lowest BCUT2D eigenvalue weighted by molar-refractivity contribution is 0.101. The van der Waals surface area contributed by atoms with E-state index in [1.54, 1.807) is 36.4 Å². The molecule has 2 aromatic carbocycles. The summed E-state index contributed by atoms with van der Waals surface area (Å²) in [4.78, 5) is 22.7. The Bertz CT molecular complexity index is 1210. The number of nitrogens with zero attached hydrogens (tertiary/aromatic N) is 3. The van der Waals surface area contributed by atoms with Crippen molar-refractivity contribution >= 4 is 38.8 Å². The third-order valence-electron chi connectivity index (χ3n) is 4.87. The number of hydrogen-bond donors (Lipinski definition) is 2. The highest BCUT2D eigenvalue weighted by molar-refractivity contribution is 7.92. The van der Waals surface area contributed by atoms with Crippen molar-refractivity contribution in [1.82, 2.24) is 9.97 Å². The van der Waals surface area contributed by atoms with E-state index < -0.39 is 10.0 Å². The summed E-state index contributed by atoms with van der Waals surface area (Å²) in [5.74, 6) is 1.98. The molecule has 3 aromatic rings. The molecule has 8 nitrogen and oxygen atoms in total. The molecule has 0 atom stereocenters. The van der Waals surface area contributed by atoms with Gasteiger partial charge in [-0.3, -0.25) is 9.52 Å². The highest BCUT2D eigenvalue weighted by Gasteiger charge is 2.16. The first-order valence-corrected chi connectivity index (χ1v) is 11.8. The molecule has 1 aromatic heterocycles. The van der Waals surface area contributed by atoms with E-state index >= 15 is 0 Å². The van der Waals surface area contributed by atoms with Gasteiger partial charge in [0.2, 0.25) is 0 Å². The molecule has 0 radical (unpaired) electrons. The number of ketones is 1. The Morgan fingerprint density at radius 2 is 1.62 bits per heavy atom. The number of rotatable bonds is 9. The fraction of sp³-hybridized carbons (Fsp3) is 0.261. The van der Waals surface area contributed by atoms with Crippen molar-refractivity contribution in [2.75, 3.05) is 28.0 Å². The van der Waals surface area contributed by atoms with Gasteiger partial charge in [-0.1, -0.05) is 12.1 Å². The molecule has 0 bridgehead atoms. The average Bonchev–Trinajstić information content (AvgIpc) is 2.75. The molecular formula is C23H27N5O3S. The Morgan fingerprint density at radius 3 is 2.25 bits per heavy atom. The quantitative estimate of drug-likeness (QED) is 0.463. The fourth-order valence-corrected chi connectivity index (χ4v) is 4.30. The van der Waals surface area contributed by atoms with Crippen LogP contribution in [0.5, 0.6) is 0 Å². The van der Waals surface area contributed by atoms with Gasteiger partial charge in [0.1, 0.15) is 17.5 Å². The molecule has 2 N–H and O–H groups in total. The van der Waals surface area contributed by atoms with Crippen LogP contribution in [0.4, 0.5) is 23.0 Å². The van der Waals surface area contributed by atoms with Crippen LogP contribution < -0.4 is 14.9 Å². The monoisotopic (exact) mass is 453 g/mol. The molecule has 1 heterocycles. The minimum atomic E-state index is -3.82. The maximum absolute atomic E-state index is 12.7. The topological polar surface area (TPSA) is 104 Å². The van der Waals surface area contributed by atoms with Gasteiger partial charge >= 0.3 is 0 Å². The minimum absolute atomic E-state index is 0.0350. The van der Waals surface area contributed by atoms with E-state index in [0.717, 1.165) is 24.6 Å². The number of carbonyl (C=O) groups excluding carboxylic acids is 1. The molecule has 0 amide bonds. The van der Waals surface area contributed by atoms with Crippen molar-refractivity contribution in [3.63, 3.8) is 0 Å². The van der Waals surface area contributed by atoms with Crippen molar-refractivity contribution in [3.8, 4) is 0 Å². The second kappa shape index (κ2) is 9.78. The van der Waals surface area contributed by atoms with Gasteiger partial charge in [0.05, 0.1) is 4.90 Å². The Hall–Kier alpha value is -3.46. The van der Waals surface area contributed by atoms with Crippen LogP contribution in [0.3, 0.4) is 0 Å². The van der Waals surface area contributed by atoms with E-state index in [9.17, 15) is 13.2 Å². The molecular weight excluding hydrogens is 426 g/mol. The average molecular weight is 454 g/mol. The third kappa shape index (κ3) is 5.61. The number of benzene rings is 2. The first kappa shape index (κ1) is 23.2. The van der Waals surface area contributed by atoms with Crippen LogP contribution in [0.15, 0.2) is 59.5 Å². The highest BCUT2D eigenvalue weighted by Crippen LogP contribution is 2.23. The summed E-state index contributed by atoms with van der Waals surface area (Å²) in [5.41, 5.74) is 1.51. The summed E-state index contributed by atoms with van der Waals surface area (Å²) in [6.45, 7) is 9.08. The van der Waals surface area contributed by atoms with Gasteiger partial charge in [-0.15, -0.1) is 0 Å². The van der Waals surface area contributed by atoms with E-state index in [1.165, 1.54) is 19.1 Å². The molecule has 0 unspecified atom stereocenters. The van der Waals surface area contributed by atoms with Crippen LogP contribution in [0.1, 0.15) is 37.0 Å². The number of Topliss-reactive ketones (excluding diaryl/α,β-unsaturated/α-hetero) is 1. The van der Waals surface area contributed by atoms with Crippen molar-refractivity contribution in [3.05, 3.63) is 66.0 Å². The highest BCUT2D eigenvalue weighted by atomic mass is 32.2. The van der Waals surface area contributed by atoms with Crippen LogP contribution >= 0.6 is 0 Å². The third-order valence-corrected chi connectivity index (χ3v) is 6.25. The summed E-state index contributed by atoms with van der Waals surface area (Å²) >= 11 is 0. The van der Waals surface area contributed by atoms with Crippen LogP contribution in [-0.2, 0) is 10.0 Å². The smallest absolute Gasteiger partial charge is 0.261 e. The van der Waals surface area contributed by atoms with Crippen LogP contribution in [0.25, 0.3) is 0 Å². The summed E-state index contributed by atoms with van der Waals surface area (Å²) in [7, 11) is -3.82. The molecule has 0 spiro atoms. The van der Waals surface area contributed by atoms with Crippen molar-refractivity contribution in [1.29, 1.82) is 0 Å². The van der Waals surface area contributed by atoms with Gasteiger partial charge in [0.25, 0.3) is 10.0 Å². The largest absolute Gasteiger partial charge is 0.357 e. The summed E-state index contributed by atoms with van der Waals surface area (Å²) in [6, 6.07) is 14.7. The normalized spacial score (nSPS) is 11.1. The van der Waals surface area contributed by atoms with Gasteiger partial charge < -0.3 is 10.2 Å². The van der Waals surface area contributed by atoms with Crippen LogP contribution in [-0.4, -0.2) is 37.3 Å². The molecule has 0 aliphatic carbocycles. The van der Waals surface area contributed by atoms with Crippen LogP contribution in [0, 0.1) is 6.92 Å². The predicted molar refractivity (Wildman–Crippen MR) is 127 cm³/mol. The van der Waals surface area contributed by atoms with Crippen LogP contribution in [0.2, 0.25) is 0 Å². The summed E-state index contributed by atoms with van der Waals surface area (Å²) in [5, 5.41) is 3.24. The zero-order valence-corrected chi connectivity index (χ0v) is 19.4. The zero-order chi connectivity index (χ0) is 23.3. The van der Waals surface area contributed by atoms with E-state index in [2.05, 4.69) is 38.8 Å². The number of nitrogens with one attached hydrogen (secondary N) is 2. The zero-order valence-electron chi connectivity index (χ0n) is 18.6. The summed E-state index contributed by atoms with van der Waals surface area (Å²) in [6.07, 6.45) is 0. The number of aryl methyl sites for hydroxylation is 1. The van der Waals surface area contributed by atoms with E-state index in [1.807, 2.05) is 13.0 Å². The Kier molecular flexibility index (Phi) is 7.09. The first-order valence-electron chi connectivity index (χ1n) is 10.3. The molecule has 0 saturated heterocycles. The number of carbonyl (C=O) groups is 1. The molecule has 0 aliphatic heterocycles. The lowest BCUT2D eigenvalue weighted by Crippen LogP contribution is -2.23. The Morgan fingerprint density at radius 1 is 0.969 bits per heavy atom. The SMILES string of the molecule is CCN(CC)c1cc(Nc2ccc(NS(=O)(=O)c3cccc(C(C)=O)c3)cc2)nc(C)n1. The van der Waals surface area contributed by atoms with Gasteiger partial charge in [0, 0.05) is 36.1 Å². The van der Waals surface area contributed by atoms with Gasteiger partial charge in [-0.25, -0.2) is 18.4 Å². The van der Waals surface area contributed by atoms with Crippen molar-refractivity contribution < 1.29 is 13.2 Å². The minimum Gasteiger partial charge on any atom is -0.357 e. The number of hydrogen-bond acceptors (Lipinski definition) is 7. The molecule has 9 heteroatoms. The first-order chi connectivity index (χ1) is 15.2. The van der Waals surface area contributed by atoms with Crippen molar-refractivity contribution in [2.24, 2.45) is 0 Å². The van der Waals surface area contributed by atoms with E-state index in [-0.39, 0.29) is 10.7 Å². The molecule has 0 saturated carbocycles. The standard InChI is InChI=1S/C23H27N5O3S/c1-5-28(6-2)23-15-22(24-17(4)25-23)26-19-10-12-20(13-11-19)27-32(30,31)21-9-7-8-18(14-21)16(3)29/h7-15,27H,5-6H2,1-4H3,(H,24,25,26). The lowest BCUT2D eigenvalue weighted by atomic mass is 10.2. The van der Waals surface area contributed by atoms with E-state index in [0.29, 0.717) is 22.9 Å². The molecule has 3 rings (SSSR count). The summed E-state index contributed by atoms with van der Waals surface area (Å²) < 4.78 is 27.9. The predicted octanol–water partition coefficient (Wildman–Crippen LogP) is 4.38. The molecule has 32 heavy (non-hydrogen) atoms. The molecule has 0 fully saturated rings. The van der Waals surface area contributed by atoms with Crippen molar-refractivity contribution in [2.45, 2.75) is 32.6 Å². The fourth-order valence-electron chi connectivity index (χ4n) is 3.19. The lowest BCUT2D eigenvalue weighted by Gasteiger charge is -2.20. The van der Waals surface area contributed by atoms with Gasteiger partial charge in [0.15, 0.2) is 5.78 Å². The van der Waals surface area contributed by atoms with Gasteiger partial charge in [-0.05, 0) is 64.1 Å². The van der Waals surface area contributed by atoms with Gasteiger partial charge in [-0.2, -0.15) is 0 Å². The molecule has 168 valence electrons. The Balaban J connectivity index is 1.76. The second-order valence-electron chi connectivity index (χ2n) is 7.22. The molecule has 0 aliphatic rings. The van der Waals surface area contributed by atoms with E-state index in [4.69, 9.17) is 0 Å². The number of anilines is 4.